The molecule has 0 saturated heterocycles. The third-order valence-corrected chi connectivity index (χ3v) is 3.18. The first-order chi connectivity index (χ1) is 8.76. The maximum atomic E-state index is 5.82. The summed E-state index contributed by atoms with van der Waals surface area (Å²) >= 11 is 5.14. The number of aryl methyl sites for hydroxylation is 1. The highest BCUT2D eigenvalue weighted by molar-refractivity contribution is 7.71. The Labute approximate surface area is 112 Å². The molecule has 0 fully saturated rings. The molecule has 96 valence electrons. The Morgan fingerprint density at radius 1 is 1.33 bits per heavy atom. The quantitative estimate of drug-likeness (QED) is 0.843. The number of hydrogen-bond donors (Lipinski definition) is 1. The van der Waals surface area contributed by atoms with Gasteiger partial charge in [0.1, 0.15) is 12.4 Å². The molecule has 1 heterocycles. The van der Waals surface area contributed by atoms with Crippen LogP contribution in [0.3, 0.4) is 0 Å². The van der Waals surface area contributed by atoms with Gasteiger partial charge >= 0.3 is 0 Å². The van der Waals surface area contributed by atoms with Gasteiger partial charge in [0.2, 0.25) is 0 Å². The number of nitrogens with one attached hydrogen (secondary N) is 1. The van der Waals surface area contributed by atoms with Gasteiger partial charge in [-0.3, -0.25) is 5.10 Å². The highest BCUT2D eigenvalue weighted by Crippen LogP contribution is 2.19. The lowest BCUT2D eigenvalue weighted by Crippen LogP contribution is -2.06. The van der Waals surface area contributed by atoms with E-state index in [0.717, 1.165) is 24.5 Å². The summed E-state index contributed by atoms with van der Waals surface area (Å²) in [6.07, 6.45) is 0.955. The van der Waals surface area contributed by atoms with Crippen LogP contribution in [0, 0.1) is 4.77 Å². The second-order valence-electron chi connectivity index (χ2n) is 3.94. The molecule has 1 aromatic heterocycles. The molecule has 1 N–H and O–H groups in total. The van der Waals surface area contributed by atoms with Crippen molar-refractivity contribution in [3.8, 4) is 5.75 Å². The van der Waals surface area contributed by atoms with E-state index in [-0.39, 0.29) is 0 Å². The topological polar surface area (TPSA) is 42.8 Å². The normalized spacial score (nSPS) is 10.6. The van der Waals surface area contributed by atoms with Crippen molar-refractivity contribution in [3.05, 3.63) is 40.4 Å². The molecule has 4 nitrogen and oxygen atoms in total. The fourth-order valence-corrected chi connectivity index (χ4v) is 2.15. The van der Waals surface area contributed by atoms with Gasteiger partial charge in [0, 0.05) is 6.54 Å². The smallest absolute Gasteiger partial charge is 0.195 e. The molecule has 0 aliphatic carbocycles. The van der Waals surface area contributed by atoms with Gasteiger partial charge in [0.15, 0.2) is 10.6 Å². The maximum absolute atomic E-state index is 5.82. The molecule has 5 heteroatoms. The molecule has 0 aliphatic rings. The predicted molar refractivity (Wildman–Crippen MR) is 73.2 cm³/mol. The van der Waals surface area contributed by atoms with Crippen molar-refractivity contribution in [1.29, 1.82) is 0 Å². The number of aromatic nitrogens is 3. The molecular formula is C13H17N3OS. The Kier molecular flexibility index (Phi) is 4.15. The summed E-state index contributed by atoms with van der Waals surface area (Å²) in [4.78, 5) is 0. The largest absolute Gasteiger partial charge is 0.485 e. The monoisotopic (exact) mass is 263 g/mol. The molecule has 0 aliphatic heterocycles. The van der Waals surface area contributed by atoms with E-state index in [1.807, 2.05) is 29.7 Å². The highest BCUT2D eigenvalue weighted by Gasteiger charge is 2.06. The second-order valence-corrected chi connectivity index (χ2v) is 4.33. The summed E-state index contributed by atoms with van der Waals surface area (Å²) in [6, 6.07) is 8.06. The van der Waals surface area contributed by atoms with Crippen molar-refractivity contribution < 1.29 is 4.74 Å². The SMILES string of the molecule is CCc1ccccc1OCc1n[nH]c(=S)n1CC. The number of aromatic amines is 1. The van der Waals surface area contributed by atoms with E-state index >= 15 is 0 Å². The molecule has 0 spiro atoms. The zero-order valence-corrected chi connectivity index (χ0v) is 11.5. The van der Waals surface area contributed by atoms with Crippen molar-refractivity contribution in [1.82, 2.24) is 14.8 Å². The zero-order valence-electron chi connectivity index (χ0n) is 10.6. The van der Waals surface area contributed by atoms with Crippen LogP contribution in [0.15, 0.2) is 24.3 Å². The molecule has 2 aromatic rings. The fourth-order valence-electron chi connectivity index (χ4n) is 1.87. The number of H-pyrrole nitrogens is 1. The average Bonchev–Trinajstić information content (AvgIpc) is 2.77. The number of hydrogen-bond acceptors (Lipinski definition) is 3. The average molecular weight is 263 g/mol. The lowest BCUT2D eigenvalue weighted by molar-refractivity contribution is 0.286. The molecule has 0 bridgehead atoms. The lowest BCUT2D eigenvalue weighted by atomic mass is 10.1. The van der Waals surface area contributed by atoms with E-state index in [1.54, 1.807) is 0 Å². The van der Waals surface area contributed by atoms with Crippen LogP contribution in [0.25, 0.3) is 0 Å². The Hall–Kier alpha value is -1.62. The van der Waals surface area contributed by atoms with Gasteiger partial charge in [-0.05, 0) is 37.2 Å². The van der Waals surface area contributed by atoms with E-state index in [4.69, 9.17) is 17.0 Å². The zero-order chi connectivity index (χ0) is 13.0. The summed E-state index contributed by atoms with van der Waals surface area (Å²) in [6.45, 7) is 5.38. The molecular weight excluding hydrogens is 246 g/mol. The number of benzene rings is 1. The van der Waals surface area contributed by atoms with Crippen molar-refractivity contribution in [2.45, 2.75) is 33.4 Å². The van der Waals surface area contributed by atoms with Crippen LogP contribution < -0.4 is 4.74 Å². The van der Waals surface area contributed by atoms with Gasteiger partial charge in [-0.2, -0.15) is 5.10 Å². The predicted octanol–water partition coefficient (Wildman–Crippen LogP) is 3.10. The van der Waals surface area contributed by atoms with Crippen LogP contribution in [0.1, 0.15) is 25.2 Å². The number of nitrogens with zero attached hydrogens (tertiary/aromatic N) is 2. The Bertz CT molecular complexity index is 574. The van der Waals surface area contributed by atoms with Crippen LogP contribution in [0.5, 0.6) is 5.75 Å². The van der Waals surface area contributed by atoms with Gasteiger partial charge in [-0.25, -0.2) is 0 Å². The molecule has 1 aromatic carbocycles. The standard InChI is InChI=1S/C13H17N3OS/c1-3-10-7-5-6-8-11(10)17-9-12-14-15-13(18)16(12)4-2/h5-8H,3-4,9H2,1-2H3,(H,15,18). The van der Waals surface area contributed by atoms with Crippen LogP contribution in [-0.2, 0) is 19.6 Å². The van der Waals surface area contributed by atoms with E-state index < -0.39 is 0 Å². The van der Waals surface area contributed by atoms with Gasteiger partial charge in [0.25, 0.3) is 0 Å². The molecule has 18 heavy (non-hydrogen) atoms. The highest BCUT2D eigenvalue weighted by atomic mass is 32.1. The van der Waals surface area contributed by atoms with Crippen LogP contribution in [0.4, 0.5) is 0 Å². The number of ether oxygens (including phenoxy) is 1. The van der Waals surface area contributed by atoms with Crippen molar-refractivity contribution in [2.24, 2.45) is 0 Å². The van der Waals surface area contributed by atoms with Gasteiger partial charge in [0.05, 0.1) is 0 Å². The molecule has 0 radical (unpaired) electrons. The molecule has 0 unspecified atom stereocenters. The maximum Gasteiger partial charge on any atom is 0.195 e. The minimum absolute atomic E-state index is 0.429. The summed E-state index contributed by atoms with van der Waals surface area (Å²) in [5.41, 5.74) is 1.20. The van der Waals surface area contributed by atoms with Gasteiger partial charge < -0.3 is 9.30 Å². The minimum atomic E-state index is 0.429. The first kappa shape index (κ1) is 12.8. The van der Waals surface area contributed by atoms with Crippen molar-refractivity contribution in [2.75, 3.05) is 0 Å². The first-order valence-electron chi connectivity index (χ1n) is 6.11. The first-order valence-corrected chi connectivity index (χ1v) is 6.51. The molecule has 0 saturated carbocycles. The van der Waals surface area contributed by atoms with Crippen LogP contribution >= 0.6 is 12.2 Å². The number of rotatable bonds is 5. The van der Waals surface area contributed by atoms with E-state index in [2.05, 4.69) is 23.2 Å². The number of para-hydroxylation sites is 1. The summed E-state index contributed by atoms with van der Waals surface area (Å²) < 4.78 is 8.39. The fraction of sp³-hybridized carbons (Fsp3) is 0.385. The Balaban J connectivity index is 2.14. The Morgan fingerprint density at radius 2 is 2.11 bits per heavy atom. The van der Waals surface area contributed by atoms with Crippen molar-refractivity contribution >= 4 is 12.2 Å². The third kappa shape index (κ3) is 2.61. The third-order valence-electron chi connectivity index (χ3n) is 2.86. The molecule has 0 amide bonds. The summed E-state index contributed by atoms with van der Waals surface area (Å²) in [5, 5.41) is 6.97. The second kappa shape index (κ2) is 5.82. The van der Waals surface area contributed by atoms with Crippen LogP contribution in [0.2, 0.25) is 0 Å². The van der Waals surface area contributed by atoms with E-state index in [9.17, 15) is 0 Å². The van der Waals surface area contributed by atoms with Gasteiger partial charge in [-0.1, -0.05) is 25.1 Å². The van der Waals surface area contributed by atoms with Crippen LogP contribution in [-0.4, -0.2) is 14.8 Å². The van der Waals surface area contributed by atoms with E-state index in [1.165, 1.54) is 5.56 Å². The summed E-state index contributed by atoms with van der Waals surface area (Å²) in [5.74, 6) is 1.74. The molecule has 0 atom stereocenters. The molecule has 2 rings (SSSR count). The Morgan fingerprint density at radius 3 is 2.83 bits per heavy atom. The minimum Gasteiger partial charge on any atom is -0.485 e. The van der Waals surface area contributed by atoms with Crippen molar-refractivity contribution in [3.63, 3.8) is 0 Å². The lowest BCUT2D eigenvalue weighted by Gasteiger charge is -2.10. The van der Waals surface area contributed by atoms with E-state index in [0.29, 0.717) is 11.4 Å². The summed E-state index contributed by atoms with van der Waals surface area (Å²) in [7, 11) is 0. The van der Waals surface area contributed by atoms with Gasteiger partial charge in [-0.15, -0.1) is 0 Å².